The standard InChI is InChI=1S/C16H16BrNO/c17-13-5-3-6-14(10-13)19-11-16-15-7-2-1-4-12(15)8-9-18-16/h1-7,10,16,18H,8-9,11H2. The molecule has 0 aromatic heterocycles. The first-order valence-corrected chi connectivity index (χ1v) is 7.32. The summed E-state index contributed by atoms with van der Waals surface area (Å²) in [5, 5.41) is 3.52. The van der Waals surface area contributed by atoms with Crippen LogP contribution in [0.3, 0.4) is 0 Å². The molecule has 1 aliphatic rings. The number of hydrogen-bond acceptors (Lipinski definition) is 2. The van der Waals surface area contributed by atoms with Gasteiger partial charge in [0.25, 0.3) is 0 Å². The van der Waals surface area contributed by atoms with E-state index >= 15 is 0 Å². The second-order valence-electron chi connectivity index (χ2n) is 4.72. The summed E-state index contributed by atoms with van der Waals surface area (Å²) >= 11 is 3.46. The third kappa shape index (κ3) is 2.99. The van der Waals surface area contributed by atoms with Crippen LogP contribution in [0.1, 0.15) is 17.2 Å². The number of fused-ring (bicyclic) bond motifs is 1. The minimum Gasteiger partial charge on any atom is -0.492 e. The highest BCUT2D eigenvalue weighted by Gasteiger charge is 2.19. The maximum absolute atomic E-state index is 5.89. The molecule has 1 aliphatic heterocycles. The molecule has 1 unspecified atom stereocenters. The van der Waals surface area contributed by atoms with Crippen molar-refractivity contribution in [3.05, 3.63) is 64.1 Å². The van der Waals surface area contributed by atoms with Crippen molar-refractivity contribution < 1.29 is 4.74 Å². The van der Waals surface area contributed by atoms with Crippen LogP contribution >= 0.6 is 15.9 Å². The van der Waals surface area contributed by atoms with E-state index in [0.29, 0.717) is 6.61 Å². The van der Waals surface area contributed by atoms with Crippen LogP contribution in [0.2, 0.25) is 0 Å². The molecule has 19 heavy (non-hydrogen) atoms. The summed E-state index contributed by atoms with van der Waals surface area (Å²) in [5.74, 6) is 0.902. The fraction of sp³-hybridized carbons (Fsp3) is 0.250. The van der Waals surface area contributed by atoms with Crippen molar-refractivity contribution in [2.45, 2.75) is 12.5 Å². The Balaban J connectivity index is 1.71. The molecule has 0 amide bonds. The third-order valence-electron chi connectivity index (χ3n) is 3.43. The average Bonchev–Trinajstić information content (AvgIpc) is 2.45. The van der Waals surface area contributed by atoms with Gasteiger partial charge >= 0.3 is 0 Å². The van der Waals surface area contributed by atoms with Crippen LogP contribution in [0.25, 0.3) is 0 Å². The van der Waals surface area contributed by atoms with Gasteiger partial charge in [-0.05, 0) is 42.3 Å². The maximum atomic E-state index is 5.89. The minimum absolute atomic E-state index is 0.281. The van der Waals surface area contributed by atoms with E-state index in [0.717, 1.165) is 23.2 Å². The van der Waals surface area contributed by atoms with Gasteiger partial charge in [-0.3, -0.25) is 0 Å². The second-order valence-corrected chi connectivity index (χ2v) is 5.64. The lowest BCUT2D eigenvalue weighted by molar-refractivity contribution is 0.261. The lowest BCUT2D eigenvalue weighted by atomic mass is 9.95. The molecule has 1 heterocycles. The van der Waals surface area contributed by atoms with Gasteiger partial charge < -0.3 is 10.1 Å². The first kappa shape index (κ1) is 12.7. The number of nitrogens with one attached hydrogen (secondary N) is 1. The summed E-state index contributed by atoms with van der Waals surface area (Å²) in [4.78, 5) is 0. The zero-order valence-electron chi connectivity index (χ0n) is 10.6. The molecular formula is C16H16BrNO. The van der Waals surface area contributed by atoms with Gasteiger partial charge in [-0.25, -0.2) is 0 Å². The van der Waals surface area contributed by atoms with Gasteiger partial charge in [-0.2, -0.15) is 0 Å². The Labute approximate surface area is 121 Å². The Morgan fingerprint density at radius 3 is 2.95 bits per heavy atom. The van der Waals surface area contributed by atoms with Crippen molar-refractivity contribution in [2.24, 2.45) is 0 Å². The number of ether oxygens (including phenoxy) is 1. The molecule has 2 nitrogen and oxygen atoms in total. The van der Waals surface area contributed by atoms with Crippen molar-refractivity contribution in [1.82, 2.24) is 5.32 Å². The van der Waals surface area contributed by atoms with Gasteiger partial charge in [0.05, 0.1) is 6.04 Å². The minimum atomic E-state index is 0.281. The van der Waals surface area contributed by atoms with Crippen molar-refractivity contribution >= 4 is 15.9 Å². The third-order valence-corrected chi connectivity index (χ3v) is 3.92. The molecule has 1 atom stereocenters. The molecule has 0 fully saturated rings. The summed E-state index contributed by atoms with van der Waals surface area (Å²) < 4.78 is 6.93. The summed E-state index contributed by atoms with van der Waals surface area (Å²) in [7, 11) is 0. The number of benzene rings is 2. The summed E-state index contributed by atoms with van der Waals surface area (Å²) in [5.41, 5.74) is 2.80. The van der Waals surface area contributed by atoms with Gasteiger partial charge in [0.1, 0.15) is 12.4 Å². The monoisotopic (exact) mass is 317 g/mol. The SMILES string of the molecule is Brc1cccc(OCC2NCCc3ccccc32)c1. The number of rotatable bonds is 3. The van der Waals surface area contributed by atoms with E-state index in [1.807, 2.05) is 24.3 Å². The maximum Gasteiger partial charge on any atom is 0.120 e. The molecule has 98 valence electrons. The van der Waals surface area contributed by atoms with E-state index in [9.17, 15) is 0 Å². The second kappa shape index (κ2) is 5.76. The van der Waals surface area contributed by atoms with E-state index in [2.05, 4.69) is 45.5 Å². The van der Waals surface area contributed by atoms with Gasteiger partial charge in [-0.1, -0.05) is 46.3 Å². The fourth-order valence-corrected chi connectivity index (χ4v) is 2.86. The molecule has 0 saturated heterocycles. The van der Waals surface area contributed by atoms with Crippen LogP contribution in [0.15, 0.2) is 53.0 Å². The summed E-state index contributed by atoms with van der Waals surface area (Å²) in [6, 6.07) is 16.9. The molecule has 3 heteroatoms. The van der Waals surface area contributed by atoms with Crippen LogP contribution in [0.5, 0.6) is 5.75 Å². The first-order chi connectivity index (χ1) is 9.33. The highest BCUT2D eigenvalue weighted by Crippen LogP contribution is 2.24. The Hall–Kier alpha value is -1.32. The predicted octanol–water partition coefficient (Wildman–Crippen LogP) is 3.71. The van der Waals surface area contributed by atoms with Crippen molar-refractivity contribution in [3.63, 3.8) is 0 Å². The van der Waals surface area contributed by atoms with E-state index in [1.165, 1.54) is 11.1 Å². The molecule has 0 saturated carbocycles. The zero-order chi connectivity index (χ0) is 13.1. The summed E-state index contributed by atoms with van der Waals surface area (Å²) in [6.45, 7) is 1.68. The number of hydrogen-bond donors (Lipinski definition) is 1. The average molecular weight is 318 g/mol. The summed E-state index contributed by atoms with van der Waals surface area (Å²) in [6.07, 6.45) is 1.10. The largest absolute Gasteiger partial charge is 0.492 e. The van der Waals surface area contributed by atoms with Crippen molar-refractivity contribution in [2.75, 3.05) is 13.2 Å². The molecule has 3 rings (SSSR count). The van der Waals surface area contributed by atoms with Gasteiger partial charge in [0, 0.05) is 4.47 Å². The number of halogens is 1. The molecule has 0 aliphatic carbocycles. The smallest absolute Gasteiger partial charge is 0.120 e. The Morgan fingerprint density at radius 1 is 1.16 bits per heavy atom. The van der Waals surface area contributed by atoms with Crippen LogP contribution in [-0.2, 0) is 6.42 Å². The molecular weight excluding hydrogens is 302 g/mol. The molecule has 1 N–H and O–H groups in total. The van der Waals surface area contributed by atoms with Crippen molar-refractivity contribution in [1.29, 1.82) is 0 Å². The highest BCUT2D eigenvalue weighted by atomic mass is 79.9. The molecule has 0 spiro atoms. The van der Waals surface area contributed by atoms with E-state index < -0.39 is 0 Å². The predicted molar refractivity (Wildman–Crippen MR) is 80.5 cm³/mol. The van der Waals surface area contributed by atoms with Crippen LogP contribution < -0.4 is 10.1 Å². The van der Waals surface area contributed by atoms with Crippen LogP contribution in [0.4, 0.5) is 0 Å². The first-order valence-electron chi connectivity index (χ1n) is 6.52. The topological polar surface area (TPSA) is 21.3 Å². The fourth-order valence-electron chi connectivity index (χ4n) is 2.48. The van der Waals surface area contributed by atoms with Crippen LogP contribution in [-0.4, -0.2) is 13.2 Å². The normalized spacial score (nSPS) is 17.8. The Kier molecular flexibility index (Phi) is 3.85. The van der Waals surface area contributed by atoms with Crippen molar-refractivity contribution in [3.8, 4) is 5.75 Å². The van der Waals surface area contributed by atoms with E-state index in [-0.39, 0.29) is 6.04 Å². The Morgan fingerprint density at radius 2 is 2.05 bits per heavy atom. The molecule has 2 aromatic rings. The van der Waals surface area contributed by atoms with E-state index in [1.54, 1.807) is 0 Å². The molecule has 0 radical (unpaired) electrons. The quantitative estimate of drug-likeness (QED) is 0.931. The van der Waals surface area contributed by atoms with Gasteiger partial charge in [0.2, 0.25) is 0 Å². The lowest BCUT2D eigenvalue weighted by Crippen LogP contribution is -2.33. The van der Waals surface area contributed by atoms with E-state index in [4.69, 9.17) is 4.74 Å². The molecule has 0 bridgehead atoms. The van der Waals surface area contributed by atoms with Gasteiger partial charge in [-0.15, -0.1) is 0 Å². The molecule has 2 aromatic carbocycles. The zero-order valence-corrected chi connectivity index (χ0v) is 12.2. The van der Waals surface area contributed by atoms with Crippen LogP contribution in [0, 0.1) is 0 Å². The van der Waals surface area contributed by atoms with Gasteiger partial charge in [0.15, 0.2) is 0 Å². The Bertz CT molecular complexity index is 570. The lowest BCUT2D eigenvalue weighted by Gasteiger charge is -2.26. The highest BCUT2D eigenvalue weighted by molar-refractivity contribution is 9.10.